The molecule has 2 saturated heterocycles. The molecule has 0 N–H and O–H groups in total. The Kier molecular flexibility index (Phi) is 6.01. The van der Waals surface area contributed by atoms with Crippen molar-refractivity contribution in [2.75, 3.05) is 12.0 Å². The monoisotopic (exact) mass is 450 g/mol. The molecule has 1 atom stereocenters. The molecule has 0 aliphatic carbocycles. The summed E-state index contributed by atoms with van der Waals surface area (Å²) in [4.78, 5) is 41.3. The maximum atomic E-state index is 13.0. The van der Waals surface area contributed by atoms with Gasteiger partial charge in [-0.15, -0.1) is 0 Å². The molecular formula is C23H18N2O4S2. The van der Waals surface area contributed by atoms with E-state index in [2.05, 4.69) is 0 Å². The molecule has 2 heterocycles. The highest BCUT2D eigenvalue weighted by atomic mass is 32.2. The van der Waals surface area contributed by atoms with Crippen molar-refractivity contribution in [1.29, 1.82) is 0 Å². The first-order chi connectivity index (χ1) is 15.0. The lowest BCUT2D eigenvalue weighted by molar-refractivity contribution is -0.130. The van der Waals surface area contributed by atoms with Gasteiger partial charge in [-0.1, -0.05) is 66.5 Å². The van der Waals surface area contributed by atoms with E-state index in [0.717, 1.165) is 22.2 Å². The molecule has 2 aromatic rings. The molecule has 2 aromatic carbocycles. The summed E-state index contributed by atoms with van der Waals surface area (Å²) >= 11 is 6.49. The summed E-state index contributed by atoms with van der Waals surface area (Å²) in [6.45, 7) is 0. The Bertz CT molecular complexity index is 1110. The number of nitrogens with zero attached hydrogens (tertiary/aromatic N) is 2. The number of thioether (sulfide) groups is 1. The van der Waals surface area contributed by atoms with Crippen LogP contribution < -0.4 is 9.64 Å². The normalized spacial score (nSPS) is 20.5. The summed E-state index contributed by atoms with van der Waals surface area (Å²) in [5.41, 5.74) is 1.44. The molecule has 3 amide bonds. The van der Waals surface area contributed by atoms with E-state index in [0.29, 0.717) is 16.3 Å². The molecule has 2 aliphatic rings. The fraction of sp³-hybridized carbons (Fsp3) is 0.130. The second-order valence-electron chi connectivity index (χ2n) is 6.83. The van der Waals surface area contributed by atoms with Crippen molar-refractivity contribution < 1.29 is 19.1 Å². The minimum atomic E-state index is -0.939. The Morgan fingerprint density at radius 3 is 2.45 bits per heavy atom. The summed E-state index contributed by atoms with van der Waals surface area (Å²) < 4.78 is 5.39. The number of anilines is 1. The largest absolute Gasteiger partial charge is 0.497 e. The third-order valence-electron chi connectivity index (χ3n) is 4.92. The predicted octanol–water partition coefficient (Wildman–Crippen LogP) is 3.78. The van der Waals surface area contributed by atoms with E-state index < -0.39 is 11.9 Å². The van der Waals surface area contributed by atoms with Gasteiger partial charge in [0, 0.05) is 0 Å². The third-order valence-corrected chi connectivity index (χ3v) is 6.27. The van der Waals surface area contributed by atoms with Crippen LogP contribution in [-0.4, -0.2) is 40.1 Å². The van der Waals surface area contributed by atoms with Gasteiger partial charge in [0.05, 0.1) is 24.1 Å². The average molecular weight is 451 g/mol. The lowest BCUT2D eigenvalue weighted by Crippen LogP contribution is -2.44. The van der Waals surface area contributed by atoms with E-state index in [1.54, 1.807) is 36.4 Å². The Balaban J connectivity index is 1.52. The smallest absolute Gasteiger partial charge is 0.266 e. The Hall–Kier alpha value is -3.23. The van der Waals surface area contributed by atoms with Crippen LogP contribution in [0.5, 0.6) is 5.75 Å². The van der Waals surface area contributed by atoms with Crippen LogP contribution in [0.1, 0.15) is 12.0 Å². The molecular weight excluding hydrogens is 432 g/mol. The van der Waals surface area contributed by atoms with Gasteiger partial charge in [0.25, 0.3) is 11.8 Å². The van der Waals surface area contributed by atoms with Gasteiger partial charge in [0.2, 0.25) is 5.91 Å². The van der Waals surface area contributed by atoms with Crippen molar-refractivity contribution in [2.45, 2.75) is 12.5 Å². The zero-order valence-electron chi connectivity index (χ0n) is 16.6. The van der Waals surface area contributed by atoms with E-state index in [1.165, 1.54) is 12.0 Å². The number of hydrogen-bond acceptors (Lipinski definition) is 6. The fourth-order valence-electron chi connectivity index (χ4n) is 3.39. The van der Waals surface area contributed by atoms with Crippen LogP contribution in [0.4, 0.5) is 5.69 Å². The van der Waals surface area contributed by atoms with Gasteiger partial charge in [0.15, 0.2) is 0 Å². The maximum absolute atomic E-state index is 13.0. The van der Waals surface area contributed by atoms with Crippen molar-refractivity contribution in [3.05, 3.63) is 77.2 Å². The van der Waals surface area contributed by atoms with Gasteiger partial charge in [-0.2, -0.15) is 0 Å². The molecule has 4 rings (SSSR count). The predicted molar refractivity (Wildman–Crippen MR) is 124 cm³/mol. The molecule has 0 saturated carbocycles. The summed E-state index contributed by atoms with van der Waals surface area (Å²) in [6, 6.07) is 15.4. The highest BCUT2D eigenvalue weighted by Gasteiger charge is 2.48. The Morgan fingerprint density at radius 2 is 1.77 bits per heavy atom. The minimum absolute atomic E-state index is 0.107. The van der Waals surface area contributed by atoms with Crippen LogP contribution in [-0.2, 0) is 14.4 Å². The van der Waals surface area contributed by atoms with Crippen LogP contribution in [0, 0.1) is 0 Å². The lowest BCUT2D eigenvalue weighted by Gasteiger charge is -2.21. The van der Waals surface area contributed by atoms with Crippen molar-refractivity contribution >= 4 is 57.8 Å². The first-order valence-electron chi connectivity index (χ1n) is 9.49. The molecule has 0 spiro atoms. The number of ether oxygens (including phenoxy) is 1. The quantitative estimate of drug-likeness (QED) is 0.392. The highest BCUT2D eigenvalue weighted by molar-refractivity contribution is 8.26. The number of carbonyl (C=O) groups is 3. The zero-order valence-corrected chi connectivity index (χ0v) is 18.2. The molecule has 0 radical (unpaired) electrons. The van der Waals surface area contributed by atoms with E-state index in [-0.39, 0.29) is 22.6 Å². The summed E-state index contributed by atoms with van der Waals surface area (Å²) in [6.07, 6.45) is 5.22. The number of imide groups is 1. The van der Waals surface area contributed by atoms with Gasteiger partial charge in [-0.05, 0) is 35.9 Å². The van der Waals surface area contributed by atoms with E-state index in [1.807, 2.05) is 36.4 Å². The number of amides is 3. The van der Waals surface area contributed by atoms with Gasteiger partial charge in [0.1, 0.15) is 16.1 Å². The third kappa shape index (κ3) is 4.17. The van der Waals surface area contributed by atoms with Gasteiger partial charge in [-0.25, -0.2) is 4.90 Å². The van der Waals surface area contributed by atoms with E-state index >= 15 is 0 Å². The molecule has 0 aromatic heterocycles. The summed E-state index contributed by atoms with van der Waals surface area (Å²) in [5, 5.41) is 0. The highest BCUT2D eigenvalue weighted by Crippen LogP contribution is 2.36. The molecule has 2 aliphatic heterocycles. The Morgan fingerprint density at radius 1 is 1.06 bits per heavy atom. The van der Waals surface area contributed by atoms with Gasteiger partial charge < -0.3 is 4.74 Å². The topological polar surface area (TPSA) is 66.9 Å². The van der Waals surface area contributed by atoms with Crippen LogP contribution in [0.25, 0.3) is 6.08 Å². The molecule has 0 bridgehead atoms. The van der Waals surface area contributed by atoms with E-state index in [9.17, 15) is 14.4 Å². The number of carbonyl (C=O) groups excluding carboxylic acids is 3. The number of thiocarbonyl (C=S) groups is 1. The standard InChI is InChI=1S/C23H18N2O4S2/c1-29-17-12-10-16(11-13-17)24-20(26)14-18(21(24)27)25-22(28)19(31-23(25)30)9-5-8-15-6-3-2-4-7-15/h2-13,18H,14H2,1H3/b8-5+,19-9-/t18-/m1/s1. The van der Waals surface area contributed by atoms with Crippen LogP contribution in [0.15, 0.2) is 71.7 Å². The van der Waals surface area contributed by atoms with Crippen LogP contribution in [0.3, 0.4) is 0 Å². The number of allylic oxidation sites excluding steroid dienone is 2. The van der Waals surface area contributed by atoms with Gasteiger partial charge >= 0.3 is 0 Å². The van der Waals surface area contributed by atoms with Gasteiger partial charge in [-0.3, -0.25) is 19.3 Å². The fourth-order valence-corrected chi connectivity index (χ4v) is 4.70. The molecule has 31 heavy (non-hydrogen) atoms. The number of rotatable bonds is 5. The molecule has 6 nitrogen and oxygen atoms in total. The molecule has 8 heteroatoms. The minimum Gasteiger partial charge on any atom is -0.497 e. The number of benzene rings is 2. The molecule has 0 unspecified atom stereocenters. The first-order valence-corrected chi connectivity index (χ1v) is 10.7. The Labute approximate surface area is 189 Å². The molecule has 156 valence electrons. The molecule has 2 fully saturated rings. The van der Waals surface area contributed by atoms with Crippen molar-refractivity contribution in [2.24, 2.45) is 0 Å². The summed E-state index contributed by atoms with van der Waals surface area (Å²) in [5.74, 6) is -0.588. The van der Waals surface area contributed by atoms with Crippen LogP contribution in [0.2, 0.25) is 0 Å². The average Bonchev–Trinajstić information content (AvgIpc) is 3.22. The SMILES string of the molecule is COc1ccc(N2C(=O)C[C@@H](N3C(=O)/C(=C/C=C/c4ccccc4)SC3=S)C2=O)cc1. The zero-order chi connectivity index (χ0) is 22.0. The van der Waals surface area contributed by atoms with Crippen molar-refractivity contribution in [3.63, 3.8) is 0 Å². The van der Waals surface area contributed by atoms with Crippen molar-refractivity contribution in [1.82, 2.24) is 4.90 Å². The van der Waals surface area contributed by atoms with E-state index in [4.69, 9.17) is 17.0 Å². The van der Waals surface area contributed by atoms with Crippen molar-refractivity contribution in [3.8, 4) is 5.75 Å². The summed E-state index contributed by atoms with van der Waals surface area (Å²) in [7, 11) is 1.54. The number of methoxy groups -OCH3 is 1. The number of hydrogen-bond donors (Lipinski definition) is 0. The second-order valence-corrected chi connectivity index (χ2v) is 8.50. The van der Waals surface area contributed by atoms with Crippen LogP contribution >= 0.6 is 24.0 Å². The first kappa shape index (κ1) is 21.0. The second kappa shape index (κ2) is 8.87. The maximum Gasteiger partial charge on any atom is 0.266 e. The lowest BCUT2D eigenvalue weighted by atomic mass is 10.2.